The molecule has 0 saturated carbocycles. The van der Waals surface area contributed by atoms with Gasteiger partial charge in [-0.05, 0) is 52.7 Å². The Bertz CT molecular complexity index is 682. The zero-order valence-electron chi connectivity index (χ0n) is 11.5. The molecule has 3 rings (SSSR count). The zero-order chi connectivity index (χ0) is 14.8. The van der Waals surface area contributed by atoms with Crippen molar-refractivity contribution in [2.24, 2.45) is 5.73 Å². The number of nitrogens with zero attached hydrogens (tertiary/aromatic N) is 3. The van der Waals surface area contributed by atoms with Gasteiger partial charge in [0, 0.05) is 27.9 Å². The Balaban J connectivity index is 1.87. The number of amidine groups is 1. The van der Waals surface area contributed by atoms with Gasteiger partial charge in [-0.25, -0.2) is 0 Å². The summed E-state index contributed by atoms with van der Waals surface area (Å²) in [4.78, 5) is 1.06. The number of aromatic nitrogens is 3. The summed E-state index contributed by atoms with van der Waals surface area (Å²) in [6, 6.07) is 5.68. The third kappa shape index (κ3) is 3.13. The summed E-state index contributed by atoms with van der Waals surface area (Å²) < 4.78 is 3.15. The van der Waals surface area contributed by atoms with Gasteiger partial charge in [0.25, 0.3) is 0 Å². The van der Waals surface area contributed by atoms with Gasteiger partial charge in [0.2, 0.25) is 0 Å². The molecule has 0 spiro atoms. The lowest BCUT2D eigenvalue weighted by molar-refractivity contribution is 0.591. The maximum absolute atomic E-state index is 7.47. The second-order valence-electron chi connectivity index (χ2n) is 5.02. The summed E-state index contributed by atoms with van der Waals surface area (Å²) in [7, 11) is 0. The zero-order valence-corrected chi connectivity index (χ0v) is 13.9. The minimum absolute atomic E-state index is 0.0728. The molecule has 0 bridgehead atoms. The highest BCUT2D eigenvalue weighted by Gasteiger charge is 2.16. The van der Waals surface area contributed by atoms with Crippen LogP contribution in [0.15, 0.2) is 32.7 Å². The van der Waals surface area contributed by atoms with Crippen molar-refractivity contribution in [3.8, 4) is 0 Å². The number of nitrogens with two attached hydrogens (primary N) is 1. The van der Waals surface area contributed by atoms with Gasteiger partial charge < -0.3 is 10.3 Å². The molecule has 0 radical (unpaired) electrons. The molecule has 7 heteroatoms. The van der Waals surface area contributed by atoms with E-state index < -0.39 is 0 Å². The van der Waals surface area contributed by atoms with Crippen LogP contribution >= 0.6 is 27.7 Å². The molecule has 1 aliphatic rings. The Morgan fingerprint density at radius 1 is 1.29 bits per heavy atom. The van der Waals surface area contributed by atoms with Crippen molar-refractivity contribution in [3.05, 3.63) is 34.1 Å². The van der Waals surface area contributed by atoms with Crippen molar-refractivity contribution in [2.45, 2.75) is 42.3 Å². The summed E-state index contributed by atoms with van der Waals surface area (Å²) in [6.07, 6.45) is 4.64. The number of benzene rings is 1. The normalized spacial score (nSPS) is 14.5. The van der Waals surface area contributed by atoms with Crippen LogP contribution in [0.4, 0.5) is 0 Å². The summed E-state index contributed by atoms with van der Waals surface area (Å²) in [5.74, 6) is 1.16. The molecule has 1 aliphatic heterocycles. The molecule has 2 aromatic rings. The Kier molecular flexibility index (Phi) is 4.30. The largest absolute Gasteiger partial charge is 0.384 e. The molecule has 1 aromatic carbocycles. The number of nitrogens with one attached hydrogen (secondary N) is 1. The summed E-state index contributed by atoms with van der Waals surface area (Å²) in [5, 5.41) is 17.0. The number of nitrogen functional groups attached to an aromatic ring is 1. The molecular weight excluding hydrogens is 350 g/mol. The van der Waals surface area contributed by atoms with Gasteiger partial charge in [0.15, 0.2) is 5.16 Å². The van der Waals surface area contributed by atoms with Crippen molar-refractivity contribution in [1.82, 2.24) is 14.8 Å². The average Bonchev–Trinajstić information content (AvgIpc) is 2.69. The van der Waals surface area contributed by atoms with E-state index in [0.29, 0.717) is 5.56 Å². The average molecular weight is 366 g/mol. The van der Waals surface area contributed by atoms with Crippen molar-refractivity contribution in [1.29, 1.82) is 5.41 Å². The molecule has 2 heterocycles. The monoisotopic (exact) mass is 365 g/mol. The molecule has 3 N–H and O–H groups in total. The molecule has 0 aliphatic carbocycles. The maximum Gasteiger partial charge on any atom is 0.196 e. The van der Waals surface area contributed by atoms with Gasteiger partial charge in [-0.2, -0.15) is 0 Å². The number of aryl methyl sites for hydroxylation is 1. The lowest BCUT2D eigenvalue weighted by Crippen LogP contribution is -2.10. The first kappa shape index (κ1) is 14.6. The van der Waals surface area contributed by atoms with E-state index in [-0.39, 0.29) is 5.84 Å². The van der Waals surface area contributed by atoms with Gasteiger partial charge in [-0.1, -0.05) is 12.5 Å². The fourth-order valence-corrected chi connectivity index (χ4v) is 3.88. The van der Waals surface area contributed by atoms with Gasteiger partial charge in [-0.15, -0.1) is 10.2 Å². The predicted octanol–water partition coefficient (Wildman–Crippen LogP) is 3.20. The molecule has 0 saturated heterocycles. The quantitative estimate of drug-likeness (QED) is 0.646. The summed E-state index contributed by atoms with van der Waals surface area (Å²) in [5.41, 5.74) is 6.22. The first-order valence-corrected chi connectivity index (χ1v) is 8.50. The van der Waals surface area contributed by atoms with Crippen LogP contribution in [0.1, 0.15) is 30.7 Å². The minimum atomic E-state index is 0.0728. The van der Waals surface area contributed by atoms with Crippen molar-refractivity contribution in [3.63, 3.8) is 0 Å². The molecule has 1 aromatic heterocycles. The Morgan fingerprint density at radius 2 is 2.14 bits per heavy atom. The molecule has 0 atom stereocenters. The predicted molar refractivity (Wildman–Crippen MR) is 86.9 cm³/mol. The smallest absolute Gasteiger partial charge is 0.196 e. The van der Waals surface area contributed by atoms with Crippen molar-refractivity contribution in [2.75, 3.05) is 0 Å². The fraction of sp³-hybridized carbons (Fsp3) is 0.357. The van der Waals surface area contributed by atoms with E-state index in [1.54, 1.807) is 11.8 Å². The standard InChI is InChI=1S/C14H16BrN5S/c15-10-8-9(13(16)17)5-6-11(10)21-14-19-18-12-4-2-1-3-7-20(12)14/h5-6,8H,1-4,7H2,(H3,16,17). The highest BCUT2D eigenvalue weighted by molar-refractivity contribution is 9.10. The molecule has 5 nitrogen and oxygen atoms in total. The maximum atomic E-state index is 7.47. The van der Waals surface area contributed by atoms with Crippen LogP contribution in [0.3, 0.4) is 0 Å². The van der Waals surface area contributed by atoms with E-state index >= 15 is 0 Å². The Labute approximate surface area is 136 Å². The lowest BCUT2D eigenvalue weighted by Gasteiger charge is -2.08. The molecule has 21 heavy (non-hydrogen) atoms. The number of rotatable bonds is 3. The van der Waals surface area contributed by atoms with Crippen LogP contribution in [0.2, 0.25) is 0 Å². The number of hydrogen-bond donors (Lipinski definition) is 2. The minimum Gasteiger partial charge on any atom is -0.384 e. The Hall–Kier alpha value is -1.34. The third-order valence-electron chi connectivity index (χ3n) is 3.52. The van der Waals surface area contributed by atoms with Crippen LogP contribution in [-0.2, 0) is 13.0 Å². The molecule has 0 amide bonds. The van der Waals surface area contributed by atoms with Crippen LogP contribution in [0, 0.1) is 5.41 Å². The topological polar surface area (TPSA) is 80.6 Å². The number of fused-ring (bicyclic) bond motifs is 1. The Morgan fingerprint density at radius 3 is 2.90 bits per heavy atom. The number of halogens is 1. The van der Waals surface area contributed by atoms with E-state index in [9.17, 15) is 0 Å². The van der Waals surface area contributed by atoms with E-state index in [2.05, 4.69) is 30.7 Å². The van der Waals surface area contributed by atoms with Crippen LogP contribution in [-0.4, -0.2) is 20.6 Å². The van der Waals surface area contributed by atoms with Gasteiger partial charge in [0.05, 0.1) is 0 Å². The van der Waals surface area contributed by atoms with Crippen molar-refractivity contribution >= 4 is 33.5 Å². The van der Waals surface area contributed by atoms with Crippen LogP contribution < -0.4 is 5.73 Å². The second kappa shape index (κ2) is 6.19. The van der Waals surface area contributed by atoms with Gasteiger partial charge in [0.1, 0.15) is 11.7 Å². The van der Waals surface area contributed by atoms with Crippen molar-refractivity contribution < 1.29 is 0 Å². The van der Waals surface area contributed by atoms with Gasteiger partial charge in [-0.3, -0.25) is 5.41 Å². The van der Waals surface area contributed by atoms with E-state index in [1.165, 1.54) is 19.3 Å². The molecule has 110 valence electrons. The summed E-state index contributed by atoms with van der Waals surface area (Å²) in [6.45, 7) is 0.994. The highest BCUT2D eigenvalue weighted by Crippen LogP contribution is 2.34. The lowest BCUT2D eigenvalue weighted by atomic mass is 10.2. The fourth-order valence-electron chi connectivity index (χ4n) is 2.38. The van der Waals surface area contributed by atoms with Crippen LogP contribution in [0.25, 0.3) is 0 Å². The number of hydrogen-bond acceptors (Lipinski definition) is 4. The van der Waals surface area contributed by atoms with Gasteiger partial charge >= 0.3 is 0 Å². The highest BCUT2D eigenvalue weighted by atomic mass is 79.9. The summed E-state index contributed by atoms with van der Waals surface area (Å²) >= 11 is 5.14. The second-order valence-corrected chi connectivity index (χ2v) is 6.89. The third-order valence-corrected chi connectivity index (χ3v) is 5.50. The first-order valence-electron chi connectivity index (χ1n) is 6.89. The molecular formula is C14H16BrN5S. The SMILES string of the molecule is N=C(N)c1ccc(Sc2nnc3n2CCCCC3)c(Br)c1. The van der Waals surface area contributed by atoms with E-state index in [1.807, 2.05) is 18.2 Å². The van der Waals surface area contributed by atoms with E-state index in [0.717, 1.165) is 33.3 Å². The first-order chi connectivity index (χ1) is 10.1. The van der Waals surface area contributed by atoms with E-state index in [4.69, 9.17) is 11.1 Å². The molecule has 0 fully saturated rings. The van der Waals surface area contributed by atoms with Crippen LogP contribution in [0.5, 0.6) is 0 Å². The molecule has 0 unspecified atom stereocenters.